The molecule has 1 aromatic rings. The minimum atomic E-state index is -4.50. The van der Waals surface area contributed by atoms with E-state index in [-0.39, 0.29) is 5.56 Å². The average Bonchev–Trinajstić information content (AvgIpc) is 2.15. The number of halogens is 4. The van der Waals surface area contributed by atoms with Crippen LogP contribution >= 0.6 is 0 Å². The summed E-state index contributed by atoms with van der Waals surface area (Å²) in [5, 5.41) is 0. The third kappa shape index (κ3) is 2.61. The summed E-state index contributed by atoms with van der Waals surface area (Å²) in [4.78, 5) is 0. The molecule has 1 nitrogen and oxygen atoms in total. The summed E-state index contributed by atoms with van der Waals surface area (Å²) < 4.78 is 50.4. The van der Waals surface area contributed by atoms with Crippen LogP contribution in [0.25, 0.3) is 0 Å². The molecule has 0 saturated heterocycles. The van der Waals surface area contributed by atoms with Crippen LogP contribution in [-0.2, 0) is 6.18 Å². The van der Waals surface area contributed by atoms with Crippen molar-refractivity contribution < 1.29 is 17.6 Å². The van der Waals surface area contributed by atoms with Crippen molar-refractivity contribution in [1.82, 2.24) is 0 Å². The number of hydrogen-bond donors (Lipinski definition) is 1. The molecule has 1 atom stereocenters. The lowest BCUT2D eigenvalue weighted by Crippen LogP contribution is -2.15. The van der Waals surface area contributed by atoms with Crippen LogP contribution in [0.4, 0.5) is 17.6 Å². The molecule has 0 saturated carbocycles. The number of alkyl halides is 3. The molecule has 5 heteroatoms. The number of benzene rings is 1. The minimum absolute atomic E-state index is 0.192. The summed E-state index contributed by atoms with van der Waals surface area (Å²) in [5.41, 5.74) is 4.84. The third-order valence-corrected chi connectivity index (χ3v) is 2.19. The van der Waals surface area contributed by atoms with E-state index in [1.807, 2.05) is 0 Å². The zero-order valence-electron chi connectivity index (χ0n) is 8.61. The second kappa shape index (κ2) is 4.25. The first-order chi connectivity index (χ1) is 7.23. The summed E-state index contributed by atoms with van der Waals surface area (Å²) in [5.74, 6) is -0.761. The zero-order valence-corrected chi connectivity index (χ0v) is 8.61. The summed E-state index contributed by atoms with van der Waals surface area (Å²) in [7, 11) is 0. The monoisotopic (exact) mass is 233 g/mol. The number of nitrogens with two attached hydrogens (primary N) is 1. The van der Waals surface area contributed by atoms with Gasteiger partial charge in [-0.05, 0) is 25.1 Å². The van der Waals surface area contributed by atoms with Gasteiger partial charge in [-0.3, -0.25) is 0 Å². The first kappa shape index (κ1) is 12.7. The highest BCUT2D eigenvalue weighted by Gasteiger charge is 2.31. The molecule has 0 spiro atoms. The van der Waals surface area contributed by atoms with Crippen LogP contribution in [0.2, 0.25) is 0 Å². The predicted molar refractivity (Wildman–Crippen MR) is 53.1 cm³/mol. The van der Waals surface area contributed by atoms with Crippen LogP contribution < -0.4 is 5.73 Å². The highest BCUT2D eigenvalue weighted by molar-refractivity contribution is 5.32. The normalized spacial score (nSPS) is 13.6. The molecule has 0 bridgehead atoms. The Bertz CT molecular complexity index is 409. The molecule has 1 rings (SSSR count). The molecule has 1 unspecified atom stereocenters. The maximum absolute atomic E-state index is 13.3. The fourth-order valence-electron chi connectivity index (χ4n) is 1.22. The van der Waals surface area contributed by atoms with Crippen molar-refractivity contribution in [1.29, 1.82) is 0 Å². The first-order valence-corrected chi connectivity index (χ1v) is 4.51. The van der Waals surface area contributed by atoms with Crippen molar-refractivity contribution in [3.8, 4) is 0 Å². The molecule has 0 aromatic heterocycles. The van der Waals surface area contributed by atoms with Gasteiger partial charge in [0, 0.05) is 5.56 Å². The molecule has 0 amide bonds. The van der Waals surface area contributed by atoms with Crippen LogP contribution in [0.3, 0.4) is 0 Å². The summed E-state index contributed by atoms with van der Waals surface area (Å²) in [6, 6.07) is 1.24. The van der Waals surface area contributed by atoms with E-state index in [1.165, 1.54) is 6.92 Å². The van der Waals surface area contributed by atoms with E-state index in [0.29, 0.717) is 17.7 Å². The third-order valence-electron chi connectivity index (χ3n) is 2.19. The van der Waals surface area contributed by atoms with Gasteiger partial charge < -0.3 is 5.73 Å². The Balaban J connectivity index is 3.24. The molecule has 2 N–H and O–H groups in total. The van der Waals surface area contributed by atoms with E-state index in [1.54, 1.807) is 0 Å². The highest BCUT2D eigenvalue weighted by Crippen LogP contribution is 2.32. The Labute approximate surface area is 90.6 Å². The molecule has 1 aromatic carbocycles. The van der Waals surface area contributed by atoms with Crippen LogP contribution in [0.15, 0.2) is 30.4 Å². The molecule has 0 aliphatic heterocycles. The second-order valence-electron chi connectivity index (χ2n) is 3.56. The number of hydrogen-bond acceptors (Lipinski definition) is 1. The molecule has 16 heavy (non-hydrogen) atoms. The average molecular weight is 233 g/mol. The van der Waals surface area contributed by atoms with Gasteiger partial charge in [-0.1, -0.05) is 12.2 Å². The van der Waals surface area contributed by atoms with Crippen LogP contribution in [0.5, 0.6) is 0 Å². The lowest BCUT2D eigenvalue weighted by atomic mass is 9.99. The van der Waals surface area contributed by atoms with E-state index in [4.69, 9.17) is 5.73 Å². The molecule has 0 radical (unpaired) electrons. The van der Waals surface area contributed by atoms with Gasteiger partial charge in [0.1, 0.15) is 5.82 Å². The van der Waals surface area contributed by atoms with Crippen molar-refractivity contribution >= 4 is 0 Å². The molecule has 88 valence electrons. The molecule has 0 heterocycles. The van der Waals surface area contributed by atoms with Gasteiger partial charge in [-0.15, -0.1) is 0 Å². The Morgan fingerprint density at radius 3 is 2.38 bits per heavy atom. The van der Waals surface area contributed by atoms with E-state index in [9.17, 15) is 17.6 Å². The van der Waals surface area contributed by atoms with Crippen molar-refractivity contribution in [2.45, 2.75) is 19.1 Å². The topological polar surface area (TPSA) is 26.0 Å². The van der Waals surface area contributed by atoms with E-state index in [0.717, 1.165) is 6.07 Å². The van der Waals surface area contributed by atoms with Gasteiger partial charge in [0.15, 0.2) is 0 Å². The Morgan fingerprint density at radius 1 is 1.38 bits per heavy atom. The maximum Gasteiger partial charge on any atom is 0.416 e. The van der Waals surface area contributed by atoms with Gasteiger partial charge in [0.2, 0.25) is 0 Å². The summed E-state index contributed by atoms with van der Waals surface area (Å²) in [6.45, 7) is 5.02. The Hall–Kier alpha value is -1.36. The fraction of sp³-hybridized carbons (Fsp3) is 0.273. The molecule has 0 aliphatic rings. The van der Waals surface area contributed by atoms with Crippen molar-refractivity contribution in [2.24, 2.45) is 5.73 Å². The van der Waals surface area contributed by atoms with Gasteiger partial charge in [-0.2, -0.15) is 13.2 Å². The van der Waals surface area contributed by atoms with Gasteiger partial charge >= 0.3 is 6.18 Å². The van der Waals surface area contributed by atoms with Crippen LogP contribution in [0, 0.1) is 5.82 Å². The van der Waals surface area contributed by atoms with Crippen molar-refractivity contribution in [2.75, 3.05) is 0 Å². The van der Waals surface area contributed by atoms with E-state index in [2.05, 4.69) is 6.58 Å². The lowest BCUT2D eigenvalue weighted by molar-refractivity contribution is -0.137. The standard InChI is InChI=1S/C11H11F4N/c1-6(2)10(16)8-5-7(11(13,14)15)3-4-9(8)12/h3-5,10H,1,16H2,2H3. The molecular formula is C11H11F4N. The quantitative estimate of drug-likeness (QED) is 0.614. The first-order valence-electron chi connectivity index (χ1n) is 4.51. The van der Waals surface area contributed by atoms with Gasteiger partial charge in [-0.25, -0.2) is 4.39 Å². The lowest BCUT2D eigenvalue weighted by Gasteiger charge is -2.15. The van der Waals surface area contributed by atoms with Gasteiger partial charge in [0.05, 0.1) is 11.6 Å². The second-order valence-corrected chi connectivity index (χ2v) is 3.56. The summed E-state index contributed by atoms with van der Waals surface area (Å²) >= 11 is 0. The minimum Gasteiger partial charge on any atom is -0.320 e. The predicted octanol–water partition coefficient (Wildman–Crippen LogP) is 3.42. The molecular weight excluding hydrogens is 222 g/mol. The zero-order chi connectivity index (χ0) is 12.5. The number of rotatable bonds is 2. The fourth-order valence-corrected chi connectivity index (χ4v) is 1.22. The maximum atomic E-state index is 13.3. The van der Waals surface area contributed by atoms with Crippen LogP contribution in [-0.4, -0.2) is 0 Å². The smallest absolute Gasteiger partial charge is 0.320 e. The van der Waals surface area contributed by atoms with Crippen molar-refractivity contribution in [3.63, 3.8) is 0 Å². The van der Waals surface area contributed by atoms with E-state index < -0.39 is 23.6 Å². The highest BCUT2D eigenvalue weighted by atomic mass is 19.4. The Morgan fingerprint density at radius 2 is 1.94 bits per heavy atom. The molecule has 0 fully saturated rings. The van der Waals surface area contributed by atoms with E-state index >= 15 is 0 Å². The largest absolute Gasteiger partial charge is 0.416 e. The SMILES string of the molecule is C=C(C)C(N)c1cc(C(F)(F)F)ccc1F. The molecule has 0 aliphatic carbocycles. The van der Waals surface area contributed by atoms with Gasteiger partial charge in [0.25, 0.3) is 0 Å². The van der Waals surface area contributed by atoms with Crippen molar-refractivity contribution in [3.05, 3.63) is 47.3 Å². The summed E-state index contributed by atoms with van der Waals surface area (Å²) in [6.07, 6.45) is -4.50. The Kier molecular flexibility index (Phi) is 3.38. The van der Waals surface area contributed by atoms with Crippen LogP contribution in [0.1, 0.15) is 24.1 Å².